The number of aliphatic hydroxyl groups is 1. The lowest BCUT2D eigenvalue weighted by atomic mass is 10.0. The first-order chi connectivity index (χ1) is 9.76. The number of aliphatic hydroxyl groups excluding tert-OH is 1. The van der Waals surface area contributed by atoms with Crippen LogP contribution in [0.2, 0.25) is 0 Å². The number of nitrogens with two attached hydrogens (primary N) is 1. The zero-order valence-corrected chi connectivity index (χ0v) is 14.2. The number of unbranched alkanes of at least 4 members (excludes halogenated alkanes) is 5. The minimum Gasteiger partial charge on any atom is -0.395 e. The van der Waals surface area contributed by atoms with Gasteiger partial charge in [-0.2, -0.15) is 0 Å². The lowest BCUT2D eigenvalue weighted by Crippen LogP contribution is -2.24. The molecule has 0 aliphatic rings. The third-order valence-electron chi connectivity index (χ3n) is 3.88. The van der Waals surface area contributed by atoms with Gasteiger partial charge in [0, 0.05) is 6.04 Å². The summed E-state index contributed by atoms with van der Waals surface area (Å²) >= 11 is 0. The van der Waals surface area contributed by atoms with Crippen LogP contribution in [0, 0.1) is 0 Å². The fourth-order valence-electron chi connectivity index (χ4n) is 2.43. The lowest BCUT2D eigenvalue weighted by molar-refractivity contribution is 0.260. The molecule has 1 atom stereocenters. The van der Waals surface area contributed by atoms with Gasteiger partial charge in [-0.05, 0) is 36.8 Å². The second kappa shape index (κ2) is 13.1. The summed E-state index contributed by atoms with van der Waals surface area (Å²) < 4.78 is 0. The van der Waals surface area contributed by atoms with Gasteiger partial charge in [0.25, 0.3) is 0 Å². The molecule has 0 heterocycles. The van der Waals surface area contributed by atoms with Crippen molar-refractivity contribution in [1.29, 1.82) is 0 Å². The average Bonchev–Trinajstić information content (AvgIpc) is 2.49. The van der Waals surface area contributed by atoms with E-state index in [1.807, 2.05) is 0 Å². The first-order valence-corrected chi connectivity index (χ1v) is 8.20. The number of aryl methyl sites for hydroxylation is 2. The summed E-state index contributed by atoms with van der Waals surface area (Å²) in [4.78, 5) is 0. The van der Waals surface area contributed by atoms with E-state index in [0.717, 1.165) is 12.8 Å². The molecule has 0 aliphatic carbocycles. The molecule has 21 heavy (non-hydrogen) atoms. The number of rotatable bonds is 11. The van der Waals surface area contributed by atoms with E-state index in [4.69, 9.17) is 10.8 Å². The quantitative estimate of drug-likeness (QED) is 0.599. The van der Waals surface area contributed by atoms with Crippen molar-refractivity contribution in [3.8, 4) is 0 Å². The molecule has 0 spiro atoms. The average molecular weight is 314 g/mol. The van der Waals surface area contributed by atoms with Gasteiger partial charge >= 0.3 is 0 Å². The normalized spacial score (nSPS) is 12.0. The monoisotopic (exact) mass is 313 g/mol. The van der Waals surface area contributed by atoms with E-state index >= 15 is 0 Å². The molecule has 1 aromatic carbocycles. The molecule has 0 saturated heterocycles. The van der Waals surface area contributed by atoms with Crippen molar-refractivity contribution in [2.45, 2.75) is 70.8 Å². The predicted molar refractivity (Wildman–Crippen MR) is 94.2 cm³/mol. The zero-order chi connectivity index (χ0) is 14.6. The number of halogens is 1. The van der Waals surface area contributed by atoms with Crippen LogP contribution in [0.5, 0.6) is 0 Å². The maximum Gasteiger partial charge on any atom is 0.0582 e. The van der Waals surface area contributed by atoms with Gasteiger partial charge in [-0.25, -0.2) is 0 Å². The second-order valence-corrected chi connectivity index (χ2v) is 5.82. The van der Waals surface area contributed by atoms with Gasteiger partial charge in [0.2, 0.25) is 0 Å². The van der Waals surface area contributed by atoms with E-state index < -0.39 is 0 Å². The minimum atomic E-state index is -0.0854. The summed E-state index contributed by atoms with van der Waals surface area (Å²) in [5, 5.41) is 8.91. The Balaban J connectivity index is 0.00000400. The molecule has 1 rings (SSSR count). The molecule has 0 radical (unpaired) electrons. The number of hydrogen-bond acceptors (Lipinski definition) is 2. The fraction of sp³-hybridized carbons (Fsp3) is 0.667. The Morgan fingerprint density at radius 2 is 1.43 bits per heavy atom. The Bertz CT molecular complexity index is 340. The van der Waals surface area contributed by atoms with Crippen molar-refractivity contribution in [2.75, 3.05) is 6.61 Å². The first kappa shape index (κ1) is 20.4. The predicted octanol–water partition coefficient (Wildman–Crippen LogP) is 4.26. The Hall–Kier alpha value is -0.570. The number of benzene rings is 1. The summed E-state index contributed by atoms with van der Waals surface area (Å²) in [6, 6.07) is 8.81. The van der Waals surface area contributed by atoms with Crippen molar-refractivity contribution in [3.63, 3.8) is 0 Å². The van der Waals surface area contributed by atoms with Crippen LogP contribution < -0.4 is 5.73 Å². The van der Waals surface area contributed by atoms with Crippen molar-refractivity contribution < 1.29 is 5.11 Å². The Labute approximate surface area is 136 Å². The van der Waals surface area contributed by atoms with Crippen LogP contribution in [-0.2, 0) is 12.8 Å². The summed E-state index contributed by atoms with van der Waals surface area (Å²) in [7, 11) is 0. The molecule has 0 saturated carbocycles. The fourth-order valence-corrected chi connectivity index (χ4v) is 2.43. The van der Waals surface area contributed by atoms with E-state index in [1.165, 1.54) is 56.1 Å². The van der Waals surface area contributed by atoms with Crippen molar-refractivity contribution in [2.24, 2.45) is 5.73 Å². The highest BCUT2D eigenvalue weighted by molar-refractivity contribution is 5.85. The Morgan fingerprint density at radius 1 is 0.905 bits per heavy atom. The summed E-state index contributed by atoms with van der Waals surface area (Å²) in [6.45, 7) is 2.34. The van der Waals surface area contributed by atoms with E-state index in [1.54, 1.807) is 0 Å². The topological polar surface area (TPSA) is 46.2 Å². The smallest absolute Gasteiger partial charge is 0.0582 e. The molecular weight excluding hydrogens is 282 g/mol. The van der Waals surface area contributed by atoms with E-state index in [2.05, 4.69) is 31.2 Å². The summed E-state index contributed by atoms with van der Waals surface area (Å²) in [5.74, 6) is 0. The highest BCUT2D eigenvalue weighted by atomic mass is 35.5. The number of hydrogen-bond donors (Lipinski definition) is 2. The SMILES string of the molecule is CCCCCCCCc1ccc(CCC(N)CO)cc1.Cl. The zero-order valence-electron chi connectivity index (χ0n) is 13.4. The lowest BCUT2D eigenvalue weighted by Gasteiger charge is -2.08. The van der Waals surface area contributed by atoms with Gasteiger partial charge in [0.15, 0.2) is 0 Å². The molecule has 3 N–H and O–H groups in total. The standard InChI is InChI=1S/C18H31NO.ClH/c1-2-3-4-5-6-7-8-16-9-11-17(12-10-16)13-14-18(19)15-20;/h9-12,18,20H,2-8,13-15,19H2,1H3;1H. The molecule has 0 fully saturated rings. The van der Waals surface area contributed by atoms with E-state index in [-0.39, 0.29) is 25.1 Å². The van der Waals surface area contributed by atoms with Crippen molar-refractivity contribution in [3.05, 3.63) is 35.4 Å². The molecule has 3 heteroatoms. The van der Waals surface area contributed by atoms with Crippen molar-refractivity contribution >= 4 is 12.4 Å². The maximum atomic E-state index is 8.91. The molecule has 1 aromatic rings. The summed E-state index contributed by atoms with van der Waals surface area (Å²) in [6.07, 6.45) is 11.1. The maximum absolute atomic E-state index is 8.91. The molecule has 1 unspecified atom stereocenters. The van der Waals surface area contributed by atoms with Crippen molar-refractivity contribution in [1.82, 2.24) is 0 Å². The minimum absolute atomic E-state index is 0. The molecule has 0 amide bonds. The van der Waals surface area contributed by atoms with Crippen LogP contribution in [0.3, 0.4) is 0 Å². The van der Waals surface area contributed by atoms with E-state index in [0.29, 0.717) is 0 Å². The van der Waals surface area contributed by atoms with Gasteiger partial charge < -0.3 is 10.8 Å². The van der Waals surface area contributed by atoms with E-state index in [9.17, 15) is 0 Å². The Morgan fingerprint density at radius 3 is 2.00 bits per heavy atom. The molecule has 0 aromatic heterocycles. The van der Waals surface area contributed by atoms with Gasteiger partial charge in [0.05, 0.1) is 6.61 Å². The van der Waals surface area contributed by atoms with Gasteiger partial charge in [-0.15, -0.1) is 12.4 Å². The van der Waals surface area contributed by atoms with Gasteiger partial charge in [-0.1, -0.05) is 63.3 Å². The summed E-state index contributed by atoms with van der Waals surface area (Å²) in [5.41, 5.74) is 8.48. The highest BCUT2D eigenvalue weighted by Crippen LogP contribution is 2.12. The molecule has 2 nitrogen and oxygen atoms in total. The highest BCUT2D eigenvalue weighted by Gasteiger charge is 2.01. The van der Waals surface area contributed by atoms with Crippen LogP contribution in [-0.4, -0.2) is 17.8 Å². The molecule has 122 valence electrons. The molecule has 0 aliphatic heterocycles. The molecular formula is C18H32ClNO. The molecule has 0 bridgehead atoms. The van der Waals surface area contributed by atoms with Gasteiger partial charge in [0.1, 0.15) is 0 Å². The van der Waals surface area contributed by atoms with Gasteiger partial charge in [-0.3, -0.25) is 0 Å². The van der Waals surface area contributed by atoms with Crippen LogP contribution >= 0.6 is 12.4 Å². The third kappa shape index (κ3) is 9.89. The van der Waals surface area contributed by atoms with Crippen LogP contribution in [0.4, 0.5) is 0 Å². The van der Waals surface area contributed by atoms with Crippen LogP contribution in [0.1, 0.15) is 63.0 Å². The van der Waals surface area contributed by atoms with Crippen LogP contribution in [0.25, 0.3) is 0 Å². The second-order valence-electron chi connectivity index (χ2n) is 5.82. The Kier molecular flexibility index (Phi) is 12.8. The van der Waals surface area contributed by atoms with Crippen LogP contribution in [0.15, 0.2) is 24.3 Å². The third-order valence-corrected chi connectivity index (χ3v) is 3.88. The largest absolute Gasteiger partial charge is 0.395 e. The first-order valence-electron chi connectivity index (χ1n) is 8.20.